The van der Waals surface area contributed by atoms with Crippen LogP contribution in [0.5, 0.6) is 0 Å². The first-order valence-corrected chi connectivity index (χ1v) is 9.14. The van der Waals surface area contributed by atoms with Crippen LogP contribution in [0.2, 0.25) is 0 Å². The molecular weight excluding hydrogens is 387 g/mol. The Kier molecular flexibility index (Phi) is 4.75. The van der Waals surface area contributed by atoms with E-state index in [1.807, 2.05) is 36.6 Å². The standard InChI is InChI=1S/C22H17FN4O3/c1-13-11-15(14(2)26(13)16-7-9-24-10-8-16)12-17-20(28)25-22(30)27(21(17)29)19-6-4-3-5-18(19)23/h3-12H,1-2H3,(H,25,28,30). The van der Waals surface area contributed by atoms with Crippen LogP contribution in [0.4, 0.5) is 14.9 Å². The van der Waals surface area contributed by atoms with Gasteiger partial charge in [0.25, 0.3) is 11.8 Å². The van der Waals surface area contributed by atoms with Crippen LogP contribution < -0.4 is 10.2 Å². The topological polar surface area (TPSA) is 84.3 Å². The van der Waals surface area contributed by atoms with E-state index in [0.29, 0.717) is 10.5 Å². The molecule has 4 rings (SSSR count). The number of barbiturate groups is 1. The van der Waals surface area contributed by atoms with Gasteiger partial charge in [0.2, 0.25) is 0 Å². The molecule has 4 amide bonds. The van der Waals surface area contributed by atoms with E-state index in [0.717, 1.165) is 23.1 Å². The van der Waals surface area contributed by atoms with Gasteiger partial charge in [0.1, 0.15) is 11.4 Å². The van der Waals surface area contributed by atoms with Gasteiger partial charge in [0.05, 0.1) is 5.69 Å². The number of hydrogen-bond acceptors (Lipinski definition) is 4. The molecule has 0 atom stereocenters. The van der Waals surface area contributed by atoms with Crippen LogP contribution in [-0.4, -0.2) is 27.4 Å². The van der Waals surface area contributed by atoms with Gasteiger partial charge >= 0.3 is 6.03 Å². The van der Waals surface area contributed by atoms with E-state index < -0.39 is 23.7 Å². The van der Waals surface area contributed by atoms with E-state index in [9.17, 15) is 18.8 Å². The second-order valence-corrected chi connectivity index (χ2v) is 6.78. The summed E-state index contributed by atoms with van der Waals surface area (Å²) >= 11 is 0. The van der Waals surface area contributed by atoms with Crippen molar-refractivity contribution in [3.63, 3.8) is 0 Å². The average Bonchev–Trinajstić information content (AvgIpc) is 3.00. The zero-order valence-electron chi connectivity index (χ0n) is 16.2. The maximum atomic E-state index is 14.2. The van der Waals surface area contributed by atoms with Crippen molar-refractivity contribution in [1.29, 1.82) is 0 Å². The lowest BCUT2D eigenvalue weighted by atomic mass is 10.1. The Hall–Kier alpha value is -4.07. The lowest BCUT2D eigenvalue weighted by Crippen LogP contribution is -2.54. The number of rotatable bonds is 3. The molecule has 0 bridgehead atoms. The third kappa shape index (κ3) is 3.18. The van der Waals surface area contributed by atoms with Crippen LogP contribution >= 0.6 is 0 Å². The summed E-state index contributed by atoms with van der Waals surface area (Å²) in [6.07, 6.45) is 4.75. The second-order valence-electron chi connectivity index (χ2n) is 6.78. The second kappa shape index (κ2) is 7.40. The number of anilines is 1. The quantitative estimate of drug-likeness (QED) is 0.536. The minimum Gasteiger partial charge on any atom is -0.318 e. The molecule has 1 aliphatic heterocycles. The van der Waals surface area contributed by atoms with E-state index in [4.69, 9.17) is 0 Å². The molecule has 2 aromatic heterocycles. The van der Waals surface area contributed by atoms with E-state index in [2.05, 4.69) is 10.3 Å². The number of nitrogens with one attached hydrogen (secondary N) is 1. The SMILES string of the molecule is Cc1cc(C=C2C(=O)NC(=O)N(c3ccccc3F)C2=O)c(C)n1-c1ccncc1. The van der Waals surface area contributed by atoms with E-state index in [-0.39, 0.29) is 11.3 Å². The van der Waals surface area contributed by atoms with E-state index in [1.165, 1.54) is 24.3 Å². The van der Waals surface area contributed by atoms with Gasteiger partial charge in [-0.1, -0.05) is 12.1 Å². The lowest BCUT2D eigenvalue weighted by molar-refractivity contribution is -0.122. The molecule has 3 aromatic rings. The van der Waals surface area contributed by atoms with Gasteiger partial charge in [-0.15, -0.1) is 0 Å². The van der Waals surface area contributed by atoms with Crippen LogP contribution in [0.25, 0.3) is 11.8 Å². The van der Waals surface area contributed by atoms with Gasteiger partial charge in [-0.2, -0.15) is 0 Å². The molecule has 0 radical (unpaired) electrons. The van der Waals surface area contributed by atoms with Gasteiger partial charge in [-0.25, -0.2) is 14.1 Å². The number of hydrogen-bond donors (Lipinski definition) is 1. The van der Waals surface area contributed by atoms with Crippen molar-refractivity contribution in [2.24, 2.45) is 0 Å². The summed E-state index contributed by atoms with van der Waals surface area (Å²) in [5.74, 6) is -2.46. The number of amides is 4. The molecule has 1 aromatic carbocycles. The fourth-order valence-electron chi connectivity index (χ4n) is 3.49. The summed E-state index contributed by atoms with van der Waals surface area (Å²) in [5, 5.41) is 2.11. The van der Waals surface area contributed by atoms with Crippen LogP contribution in [0, 0.1) is 19.7 Å². The molecule has 1 N–H and O–H groups in total. The molecule has 30 heavy (non-hydrogen) atoms. The van der Waals surface area contributed by atoms with Gasteiger partial charge in [0.15, 0.2) is 0 Å². The monoisotopic (exact) mass is 404 g/mol. The largest absolute Gasteiger partial charge is 0.336 e. The molecule has 1 aliphatic rings. The fraction of sp³-hybridized carbons (Fsp3) is 0.0909. The number of aryl methyl sites for hydroxylation is 1. The summed E-state index contributed by atoms with van der Waals surface area (Å²) < 4.78 is 16.2. The Morgan fingerprint density at radius 1 is 1.03 bits per heavy atom. The van der Waals surface area contributed by atoms with Crippen LogP contribution in [-0.2, 0) is 9.59 Å². The van der Waals surface area contributed by atoms with Crippen molar-refractivity contribution >= 4 is 29.6 Å². The zero-order chi connectivity index (χ0) is 21.4. The number of carbonyl (C=O) groups excluding carboxylic acids is 3. The van der Waals surface area contributed by atoms with Gasteiger partial charge in [-0.3, -0.25) is 19.9 Å². The number of para-hydroxylation sites is 1. The number of halogens is 1. The Morgan fingerprint density at radius 3 is 2.43 bits per heavy atom. The predicted octanol–water partition coefficient (Wildman–Crippen LogP) is 3.29. The van der Waals surface area contributed by atoms with Crippen LogP contribution in [0.15, 0.2) is 60.4 Å². The minimum absolute atomic E-state index is 0.222. The number of imide groups is 2. The Balaban J connectivity index is 1.78. The summed E-state index contributed by atoms with van der Waals surface area (Å²) in [4.78, 5) is 42.3. The highest BCUT2D eigenvalue weighted by atomic mass is 19.1. The summed E-state index contributed by atoms with van der Waals surface area (Å²) in [5.41, 5.74) is 2.71. The number of pyridine rings is 1. The number of carbonyl (C=O) groups is 3. The number of benzene rings is 1. The highest BCUT2D eigenvalue weighted by molar-refractivity contribution is 6.39. The van der Waals surface area contributed by atoms with Crippen molar-refractivity contribution in [2.75, 3.05) is 4.90 Å². The summed E-state index contributed by atoms with van der Waals surface area (Å²) in [7, 11) is 0. The Morgan fingerprint density at radius 2 is 1.73 bits per heavy atom. The van der Waals surface area contributed by atoms with E-state index >= 15 is 0 Å². The van der Waals surface area contributed by atoms with Crippen molar-refractivity contribution in [2.45, 2.75) is 13.8 Å². The first-order valence-electron chi connectivity index (χ1n) is 9.14. The summed E-state index contributed by atoms with van der Waals surface area (Å²) in [6.45, 7) is 3.75. The van der Waals surface area contributed by atoms with Crippen LogP contribution in [0.1, 0.15) is 17.0 Å². The average molecular weight is 404 g/mol. The highest BCUT2D eigenvalue weighted by Gasteiger charge is 2.38. The number of nitrogens with zero attached hydrogens (tertiary/aromatic N) is 3. The molecule has 3 heterocycles. The van der Waals surface area contributed by atoms with Gasteiger partial charge < -0.3 is 4.57 Å². The molecule has 150 valence electrons. The fourth-order valence-corrected chi connectivity index (χ4v) is 3.49. The van der Waals surface area contributed by atoms with Crippen molar-refractivity contribution in [1.82, 2.24) is 14.9 Å². The lowest BCUT2D eigenvalue weighted by Gasteiger charge is -2.26. The number of aromatic nitrogens is 2. The smallest absolute Gasteiger partial charge is 0.318 e. The molecule has 0 spiro atoms. The first-order chi connectivity index (χ1) is 14.4. The van der Waals surface area contributed by atoms with Crippen molar-refractivity contribution < 1.29 is 18.8 Å². The molecule has 1 saturated heterocycles. The maximum Gasteiger partial charge on any atom is 0.336 e. The third-order valence-electron chi connectivity index (χ3n) is 4.89. The molecular formula is C22H17FN4O3. The Labute approximate surface area is 171 Å². The molecule has 7 nitrogen and oxygen atoms in total. The minimum atomic E-state index is -0.991. The van der Waals surface area contributed by atoms with E-state index in [1.54, 1.807) is 12.4 Å². The summed E-state index contributed by atoms with van der Waals surface area (Å²) in [6, 6.07) is 9.90. The van der Waals surface area contributed by atoms with Gasteiger partial charge in [-0.05, 0) is 55.8 Å². The van der Waals surface area contributed by atoms with Crippen LogP contribution in [0.3, 0.4) is 0 Å². The number of urea groups is 1. The first kappa shape index (κ1) is 19.3. The zero-order valence-corrected chi connectivity index (χ0v) is 16.2. The molecule has 0 unspecified atom stereocenters. The van der Waals surface area contributed by atoms with Crippen molar-refractivity contribution in [3.05, 3.63) is 83.2 Å². The van der Waals surface area contributed by atoms with Gasteiger partial charge in [0, 0.05) is 29.5 Å². The normalized spacial score (nSPS) is 15.6. The third-order valence-corrected chi connectivity index (χ3v) is 4.89. The van der Waals surface area contributed by atoms with Crippen molar-refractivity contribution in [3.8, 4) is 5.69 Å². The molecule has 1 fully saturated rings. The Bertz CT molecular complexity index is 1210. The predicted molar refractivity (Wildman–Crippen MR) is 108 cm³/mol. The molecule has 0 saturated carbocycles. The molecule has 8 heteroatoms. The molecule has 0 aliphatic carbocycles. The highest BCUT2D eigenvalue weighted by Crippen LogP contribution is 2.27. The maximum absolute atomic E-state index is 14.2.